The molecule has 5 heterocycles. The van der Waals surface area contributed by atoms with Crippen LogP contribution in [0.4, 0.5) is 4.79 Å². The molecule has 0 aromatic heterocycles. The highest BCUT2D eigenvalue weighted by Gasteiger charge is 2.58. The largest absolute Gasteiger partial charge is 0.457 e. The number of nitrogens with one attached hydrogen (secondary N) is 2. The molecule has 47 heavy (non-hydrogen) atoms. The lowest BCUT2D eigenvalue weighted by molar-refractivity contribution is -0.311. The van der Waals surface area contributed by atoms with Gasteiger partial charge in [-0.25, -0.2) is 4.79 Å². The Morgan fingerprint density at radius 3 is 2.43 bits per heavy atom. The first kappa shape index (κ1) is 37.9. The van der Waals surface area contributed by atoms with Crippen LogP contribution < -0.4 is 10.6 Å². The highest BCUT2D eigenvalue weighted by molar-refractivity contribution is 6.04. The van der Waals surface area contributed by atoms with E-state index in [0.717, 1.165) is 0 Å². The zero-order chi connectivity index (χ0) is 35.1. The van der Waals surface area contributed by atoms with Gasteiger partial charge in [-0.1, -0.05) is 20.8 Å². The second-order valence-electron chi connectivity index (χ2n) is 15.0. The maximum Gasteiger partial charge on any atom is 0.408 e. The van der Waals surface area contributed by atoms with Crippen molar-refractivity contribution in [1.29, 1.82) is 0 Å². The van der Waals surface area contributed by atoms with Crippen LogP contribution in [0.5, 0.6) is 0 Å². The number of alkyl carbamates (subject to hydrolysis) is 1. The third-order valence-corrected chi connectivity index (χ3v) is 11.0. The van der Waals surface area contributed by atoms with Gasteiger partial charge >= 0.3 is 12.1 Å². The van der Waals surface area contributed by atoms with Gasteiger partial charge in [0.25, 0.3) is 0 Å². The van der Waals surface area contributed by atoms with Crippen molar-refractivity contribution >= 4 is 17.8 Å². The predicted molar refractivity (Wildman–Crippen MR) is 169 cm³/mol. The Bertz CT molecular complexity index is 1140. The van der Waals surface area contributed by atoms with Gasteiger partial charge in [0, 0.05) is 24.6 Å². The molecule has 0 spiro atoms. The van der Waals surface area contributed by atoms with E-state index in [1.54, 1.807) is 39.8 Å². The van der Waals surface area contributed by atoms with Crippen LogP contribution in [0.1, 0.15) is 74.1 Å². The first-order valence-electron chi connectivity index (χ1n) is 17.0. The van der Waals surface area contributed by atoms with Crippen molar-refractivity contribution in [2.45, 2.75) is 140 Å². The van der Waals surface area contributed by atoms with Crippen LogP contribution in [0.2, 0.25) is 0 Å². The maximum absolute atomic E-state index is 14.6. The molecule has 5 saturated heterocycles. The van der Waals surface area contributed by atoms with Crippen LogP contribution in [0.15, 0.2) is 0 Å². The third-order valence-electron chi connectivity index (χ3n) is 11.0. The van der Waals surface area contributed by atoms with E-state index in [0.29, 0.717) is 19.4 Å². The second kappa shape index (κ2) is 14.5. The minimum absolute atomic E-state index is 0.0217. The number of likely N-dealkylation sites (N-methyl/N-ethyl adjacent to an activating group) is 1. The van der Waals surface area contributed by atoms with Gasteiger partial charge in [0.15, 0.2) is 17.7 Å². The molecule has 0 aliphatic carbocycles. The normalized spacial score (nSPS) is 46.0. The number of hydrogen-bond acceptors (Lipinski definition) is 13. The average molecular weight is 672 g/mol. The lowest BCUT2D eigenvalue weighted by atomic mass is 9.70. The third kappa shape index (κ3) is 7.35. The minimum Gasteiger partial charge on any atom is -0.457 e. The molecular formula is C33H57N3O11. The van der Waals surface area contributed by atoms with Crippen LogP contribution in [-0.4, -0.2) is 138 Å². The number of hydrogen-bond donors (Lipinski definition) is 5. The summed E-state index contributed by atoms with van der Waals surface area (Å²) in [5.41, 5.74) is -3.90. The van der Waals surface area contributed by atoms with Crippen LogP contribution in [-0.2, 0) is 33.3 Å². The van der Waals surface area contributed by atoms with E-state index >= 15 is 0 Å². The summed E-state index contributed by atoms with van der Waals surface area (Å²) in [4.78, 5) is 43.0. The first-order valence-corrected chi connectivity index (χ1v) is 17.0. The predicted octanol–water partition coefficient (Wildman–Crippen LogP) is 0.728. The zero-order valence-electron chi connectivity index (χ0n) is 29.4. The molecule has 5 rings (SSSR count). The Balaban J connectivity index is 1.76. The Labute approximate surface area is 278 Å². The minimum atomic E-state index is -1.62. The van der Waals surface area contributed by atoms with Crippen LogP contribution in [0.3, 0.4) is 0 Å². The molecule has 0 saturated carbocycles. The summed E-state index contributed by atoms with van der Waals surface area (Å²) in [5, 5.41) is 38.0. The lowest BCUT2D eigenvalue weighted by Crippen LogP contribution is -2.62. The summed E-state index contributed by atoms with van der Waals surface area (Å²) < 4.78 is 31.2. The highest BCUT2D eigenvalue weighted by Crippen LogP contribution is 2.43. The molecule has 1 amide bonds. The summed E-state index contributed by atoms with van der Waals surface area (Å²) in [7, 11) is 3.59. The number of Topliss-reactive ketones (excluding diaryl/α,β-unsaturated/α-hetero) is 1. The van der Waals surface area contributed by atoms with E-state index < -0.39 is 95.9 Å². The first-order chi connectivity index (χ1) is 21.9. The van der Waals surface area contributed by atoms with E-state index in [1.165, 1.54) is 0 Å². The van der Waals surface area contributed by atoms with E-state index in [4.69, 9.17) is 23.7 Å². The monoisotopic (exact) mass is 671 g/mol. The fraction of sp³-hybridized carbons (Fsp3) is 0.909. The van der Waals surface area contributed by atoms with Crippen molar-refractivity contribution in [2.24, 2.45) is 17.3 Å². The molecule has 5 aliphatic rings. The Morgan fingerprint density at radius 2 is 1.81 bits per heavy atom. The van der Waals surface area contributed by atoms with Gasteiger partial charge in [-0.15, -0.1) is 0 Å². The number of ketones is 1. The SMILES string of the molecule is CC[C@H]1OC(=O)[C@]2(C)CCO[C@](C)(C[C@@H](C)CN[C@H](C)[C@H]3NC(=O)O[C@@]31C)[C@H](O[C@@H]1O[C@H]([C@H](O)CO)C[C@H](N(C)C)[C@H]1O)[C@@H](C)C2=O. The van der Waals surface area contributed by atoms with Gasteiger partial charge in [-0.2, -0.15) is 0 Å². The van der Waals surface area contributed by atoms with Crippen molar-refractivity contribution in [2.75, 3.05) is 33.9 Å². The fourth-order valence-electron chi connectivity index (χ4n) is 8.09. The molecule has 5 aliphatic heterocycles. The van der Waals surface area contributed by atoms with Gasteiger partial charge in [-0.05, 0) is 79.9 Å². The number of aliphatic hydroxyl groups is 3. The molecule has 0 unspecified atom stereocenters. The molecule has 270 valence electrons. The summed E-state index contributed by atoms with van der Waals surface area (Å²) >= 11 is 0. The lowest BCUT2D eigenvalue weighted by Gasteiger charge is -2.49. The van der Waals surface area contributed by atoms with Crippen molar-refractivity contribution in [3.8, 4) is 0 Å². The fourth-order valence-corrected chi connectivity index (χ4v) is 8.09. The molecule has 14 atom stereocenters. The summed E-state index contributed by atoms with van der Waals surface area (Å²) in [6.07, 6.45) is -5.84. The van der Waals surface area contributed by atoms with Gasteiger partial charge in [-0.3, -0.25) is 9.59 Å². The number of aliphatic hydroxyl groups excluding tert-OH is 3. The molecule has 14 heteroatoms. The Morgan fingerprint density at radius 1 is 1.13 bits per heavy atom. The number of ether oxygens (including phenoxy) is 5. The van der Waals surface area contributed by atoms with Crippen molar-refractivity contribution in [1.82, 2.24) is 15.5 Å². The maximum atomic E-state index is 14.6. The van der Waals surface area contributed by atoms with Crippen molar-refractivity contribution in [3.05, 3.63) is 0 Å². The number of carbonyl (C=O) groups excluding carboxylic acids is 3. The van der Waals surface area contributed by atoms with E-state index in [1.807, 2.05) is 27.7 Å². The molecule has 5 N–H and O–H groups in total. The summed E-state index contributed by atoms with van der Waals surface area (Å²) in [5.74, 6) is -2.10. The number of fused-ring (bicyclic) bond motifs is 10. The van der Waals surface area contributed by atoms with Crippen molar-refractivity contribution < 1.29 is 53.4 Å². The molecule has 0 radical (unpaired) electrons. The van der Waals surface area contributed by atoms with E-state index in [9.17, 15) is 29.7 Å². The Hall–Kier alpha value is -1.91. The number of esters is 1. The van der Waals surface area contributed by atoms with Gasteiger partial charge < -0.3 is 54.5 Å². The standard InChI is InChI=1S/C33H57N3O11/c1-10-23-33(7)25(35-30(42)47-33)19(4)34-15-17(2)14-32(6)27(18(3)26(40)31(5,11-12-43-32)29(41)45-23)46-28-24(39)20(36(8)9)13-22(44-28)21(38)16-37/h17-25,27-28,34,37-39H,10-16H2,1-9H3,(H,35,42)/t17-,18+,19-,20+,21-,22+,23-,24-,25-,27-,28+,31-,32-,33-/m1/s1. The summed E-state index contributed by atoms with van der Waals surface area (Å²) in [6.45, 7) is 12.7. The molecule has 14 nitrogen and oxygen atoms in total. The average Bonchev–Trinajstić information content (AvgIpc) is 3.33. The molecule has 0 aromatic carbocycles. The Kier molecular flexibility index (Phi) is 11.7. The topological polar surface area (TPSA) is 185 Å². The molecule has 0 aromatic rings. The number of amides is 1. The number of rotatable bonds is 6. The van der Waals surface area contributed by atoms with Gasteiger partial charge in [0.1, 0.15) is 23.7 Å². The van der Waals surface area contributed by atoms with Crippen LogP contribution in [0.25, 0.3) is 0 Å². The van der Waals surface area contributed by atoms with Crippen LogP contribution >= 0.6 is 0 Å². The van der Waals surface area contributed by atoms with Crippen molar-refractivity contribution in [3.63, 3.8) is 0 Å². The van der Waals surface area contributed by atoms with Gasteiger partial charge in [0.2, 0.25) is 0 Å². The second-order valence-corrected chi connectivity index (χ2v) is 15.0. The van der Waals surface area contributed by atoms with E-state index in [2.05, 4.69) is 10.6 Å². The zero-order valence-corrected chi connectivity index (χ0v) is 29.4. The van der Waals surface area contributed by atoms with Gasteiger partial charge in [0.05, 0.1) is 30.5 Å². The van der Waals surface area contributed by atoms with E-state index in [-0.39, 0.29) is 31.4 Å². The number of carbonyl (C=O) groups is 3. The molecule has 5 fully saturated rings. The number of nitrogens with zero attached hydrogens (tertiary/aromatic N) is 1. The molecular weight excluding hydrogens is 614 g/mol. The highest BCUT2D eigenvalue weighted by atomic mass is 16.7. The quantitative estimate of drug-likeness (QED) is 0.197. The smallest absolute Gasteiger partial charge is 0.408 e. The summed E-state index contributed by atoms with van der Waals surface area (Å²) in [6, 6.07) is -1.27. The molecule has 2 bridgehead atoms. The van der Waals surface area contributed by atoms with Crippen LogP contribution in [0, 0.1) is 17.3 Å².